The first-order chi connectivity index (χ1) is 6.61. The minimum atomic E-state index is -0.830. The minimum absolute atomic E-state index is 0. The number of halogens is 1. The number of hydrogen-bond donors (Lipinski definition) is 2. The average Bonchev–Trinajstić information content (AvgIpc) is 2.15. The summed E-state index contributed by atoms with van der Waals surface area (Å²) in [5.74, 6) is -1.33. The second-order valence-electron chi connectivity index (χ2n) is 3.49. The van der Waals surface area contributed by atoms with Gasteiger partial charge in [0.1, 0.15) is 0 Å². The van der Waals surface area contributed by atoms with E-state index in [1.165, 1.54) is 0 Å². The Morgan fingerprint density at radius 1 is 1.40 bits per heavy atom. The zero-order chi connectivity index (χ0) is 10.6. The van der Waals surface area contributed by atoms with Gasteiger partial charge in [0.25, 0.3) is 0 Å². The van der Waals surface area contributed by atoms with Gasteiger partial charge < -0.3 is 10.8 Å². The van der Waals surface area contributed by atoms with Gasteiger partial charge >= 0.3 is 5.97 Å². The van der Waals surface area contributed by atoms with Crippen molar-refractivity contribution in [3.05, 3.63) is 35.9 Å². The topological polar surface area (TPSA) is 63.3 Å². The number of benzene rings is 1. The molecule has 1 aromatic carbocycles. The molecule has 0 saturated carbocycles. The van der Waals surface area contributed by atoms with Crippen molar-refractivity contribution in [1.29, 1.82) is 0 Å². The predicted octanol–water partition coefficient (Wildman–Crippen LogP) is 1.70. The standard InChI is InChI=1S/C11H15NO2.ClH/c1-8(12)10(11(13)14)7-9-5-3-2-4-6-9;/h2-6,8,10H,7,12H2,1H3,(H,13,14);1H/t8-,10-;/m1./s1. The molecule has 2 atom stereocenters. The third kappa shape index (κ3) is 4.32. The van der Waals surface area contributed by atoms with Crippen LogP contribution in [0.25, 0.3) is 0 Å². The fraction of sp³-hybridized carbons (Fsp3) is 0.364. The predicted molar refractivity (Wildman–Crippen MR) is 62.2 cm³/mol. The van der Waals surface area contributed by atoms with Gasteiger partial charge in [-0.25, -0.2) is 0 Å². The van der Waals surface area contributed by atoms with Crippen molar-refractivity contribution in [1.82, 2.24) is 0 Å². The maximum absolute atomic E-state index is 10.9. The van der Waals surface area contributed by atoms with E-state index in [1.807, 2.05) is 30.3 Å². The molecule has 0 aliphatic heterocycles. The van der Waals surface area contributed by atoms with Crippen molar-refractivity contribution in [3.8, 4) is 0 Å². The van der Waals surface area contributed by atoms with E-state index >= 15 is 0 Å². The van der Waals surface area contributed by atoms with Crippen LogP contribution in [0.3, 0.4) is 0 Å². The zero-order valence-electron chi connectivity index (χ0n) is 8.59. The number of aliphatic carboxylic acids is 1. The molecule has 0 aliphatic carbocycles. The maximum atomic E-state index is 10.9. The highest BCUT2D eigenvalue weighted by Gasteiger charge is 2.21. The first-order valence-corrected chi connectivity index (χ1v) is 4.63. The van der Waals surface area contributed by atoms with E-state index in [0.29, 0.717) is 6.42 Å². The van der Waals surface area contributed by atoms with Crippen LogP contribution in [0.4, 0.5) is 0 Å². The molecule has 0 bridgehead atoms. The van der Waals surface area contributed by atoms with E-state index in [0.717, 1.165) is 5.56 Å². The molecule has 0 amide bonds. The molecule has 0 unspecified atom stereocenters. The molecule has 0 spiro atoms. The zero-order valence-corrected chi connectivity index (χ0v) is 9.41. The number of carboxylic acid groups (broad SMARTS) is 1. The molecule has 0 aromatic heterocycles. The Balaban J connectivity index is 0.00000196. The van der Waals surface area contributed by atoms with Gasteiger partial charge in [0.2, 0.25) is 0 Å². The molecule has 4 heteroatoms. The van der Waals surface area contributed by atoms with Crippen molar-refractivity contribution in [3.63, 3.8) is 0 Å². The first kappa shape index (κ1) is 13.9. The maximum Gasteiger partial charge on any atom is 0.308 e. The first-order valence-electron chi connectivity index (χ1n) is 4.63. The molecule has 1 aromatic rings. The lowest BCUT2D eigenvalue weighted by molar-refractivity contribution is -0.142. The van der Waals surface area contributed by atoms with E-state index < -0.39 is 11.9 Å². The van der Waals surface area contributed by atoms with Crippen molar-refractivity contribution in [2.45, 2.75) is 19.4 Å². The van der Waals surface area contributed by atoms with E-state index in [4.69, 9.17) is 10.8 Å². The van der Waals surface area contributed by atoms with E-state index in [-0.39, 0.29) is 18.4 Å². The van der Waals surface area contributed by atoms with Crippen LogP contribution in [-0.4, -0.2) is 17.1 Å². The van der Waals surface area contributed by atoms with Crippen LogP contribution < -0.4 is 5.73 Å². The lowest BCUT2D eigenvalue weighted by atomic mass is 9.94. The fourth-order valence-electron chi connectivity index (χ4n) is 1.37. The molecule has 0 radical (unpaired) electrons. The van der Waals surface area contributed by atoms with Gasteiger partial charge in [0.15, 0.2) is 0 Å². The molecule has 0 heterocycles. The number of carbonyl (C=O) groups is 1. The molecule has 0 saturated heterocycles. The van der Waals surface area contributed by atoms with E-state index in [9.17, 15) is 4.79 Å². The van der Waals surface area contributed by atoms with Crippen molar-refractivity contribution in [2.24, 2.45) is 11.7 Å². The number of nitrogens with two attached hydrogens (primary N) is 1. The summed E-state index contributed by atoms with van der Waals surface area (Å²) < 4.78 is 0. The van der Waals surface area contributed by atoms with Crippen LogP contribution in [0.1, 0.15) is 12.5 Å². The molecular weight excluding hydrogens is 214 g/mol. The third-order valence-electron chi connectivity index (χ3n) is 2.25. The molecule has 0 fully saturated rings. The molecular formula is C11H16ClNO2. The Labute approximate surface area is 95.7 Å². The Morgan fingerprint density at radius 3 is 2.33 bits per heavy atom. The largest absolute Gasteiger partial charge is 0.481 e. The summed E-state index contributed by atoms with van der Waals surface area (Å²) in [6.45, 7) is 1.72. The second-order valence-corrected chi connectivity index (χ2v) is 3.49. The molecule has 3 N–H and O–H groups in total. The Morgan fingerprint density at radius 2 is 1.93 bits per heavy atom. The summed E-state index contributed by atoms with van der Waals surface area (Å²) in [6, 6.07) is 9.21. The minimum Gasteiger partial charge on any atom is -0.481 e. The average molecular weight is 230 g/mol. The Bertz CT molecular complexity index is 301. The van der Waals surface area contributed by atoms with Crippen molar-refractivity contribution < 1.29 is 9.90 Å². The van der Waals surface area contributed by atoms with E-state index in [2.05, 4.69) is 0 Å². The smallest absolute Gasteiger partial charge is 0.308 e. The summed E-state index contributed by atoms with van der Waals surface area (Å²) >= 11 is 0. The highest BCUT2D eigenvalue weighted by atomic mass is 35.5. The Kier molecular flexibility index (Phi) is 5.97. The van der Waals surface area contributed by atoms with Gasteiger partial charge in [0.05, 0.1) is 5.92 Å². The van der Waals surface area contributed by atoms with Gasteiger partial charge in [-0.15, -0.1) is 12.4 Å². The normalized spacial score (nSPS) is 13.7. The number of hydrogen-bond acceptors (Lipinski definition) is 2. The van der Waals surface area contributed by atoms with Gasteiger partial charge in [0, 0.05) is 6.04 Å². The van der Waals surface area contributed by atoms with Crippen LogP contribution in [0, 0.1) is 5.92 Å². The van der Waals surface area contributed by atoms with Gasteiger partial charge in [-0.3, -0.25) is 4.79 Å². The van der Waals surface area contributed by atoms with Gasteiger partial charge in [-0.05, 0) is 18.9 Å². The summed E-state index contributed by atoms with van der Waals surface area (Å²) in [7, 11) is 0. The summed E-state index contributed by atoms with van der Waals surface area (Å²) in [4.78, 5) is 10.9. The third-order valence-corrected chi connectivity index (χ3v) is 2.25. The highest BCUT2D eigenvalue weighted by Crippen LogP contribution is 2.11. The van der Waals surface area contributed by atoms with Crippen LogP contribution >= 0.6 is 12.4 Å². The number of carboxylic acids is 1. The monoisotopic (exact) mass is 229 g/mol. The van der Waals surface area contributed by atoms with Crippen molar-refractivity contribution >= 4 is 18.4 Å². The van der Waals surface area contributed by atoms with Gasteiger partial charge in [-0.2, -0.15) is 0 Å². The van der Waals surface area contributed by atoms with Crippen LogP contribution in [0.15, 0.2) is 30.3 Å². The molecule has 84 valence electrons. The summed E-state index contributed by atoms with van der Waals surface area (Å²) in [6.07, 6.45) is 0.494. The van der Waals surface area contributed by atoms with Crippen LogP contribution in [-0.2, 0) is 11.2 Å². The highest BCUT2D eigenvalue weighted by molar-refractivity contribution is 5.85. The molecule has 0 aliphatic rings. The van der Waals surface area contributed by atoms with Gasteiger partial charge in [-0.1, -0.05) is 30.3 Å². The van der Waals surface area contributed by atoms with Crippen LogP contribution in [0.5, 0.6) is 0 Å². The number of rotatable bonds is 4. The lowest BCUT2D eigenvalue weighted by Gasteiger charge is -2.15. The van der Waals surface area contributed by atoms with Crippen molar-refractivity contribution in [2.75, 3.05) is 0 Å². The molecule has 15 heavy (non-hydrogen) atoms. The summed E-state index contributed by atoms with van der Waals surface area (Å²) in [5, 5.41) is 8.92. The SMILES string of the molecule is C[C@@H](N)[C@@H](Cc1ccccc1)C(=O)O.Cl. The lowest BCUT2D eigenvalue weighted by Crippen LogP contribution is -2.34. The van der Waals surface area contributed by atoms with Crippen LogP contribution in [0.2, 0.25) is 0 Å². The Hall–Kier alpha value is -1.06. The summed E-state index contributed by atoms with van der Waals surface area (Å²) in [5.41, 5.74) is 6.62. The van der Waals surface area contributed by atoms with E-state index in [1.54, 1.807) is 6.92 Å². The second kappa shape index (κ2) is 6.43. The molecule has 1 rings (SSSR count). The quantitative estimate of drug-likeness (QED) is 0.826. The molecule has 3 nitrogen and oxygen atoms in total. The fourth-order valence-corrected chi connectivity index (χ4v) is 1.37.